The van der Waals surface area contributed by atoms with Crippen LogP contribution in [0.25, 0.3) is 0 Å². The molecule has 0 aromatic carbocycles. The summed E-state index contributed by atoms with van der Waals surface area (Å²) in [7, 11) is 0. The largest absolute Gasteiger partial charge is 0.457 e. The molecule has 0 aromatic rings. The molecule has 6 unspecified atom stereocenters. The number of allylic oxidation sites excluding steroid dienone is 5. The molecule has 0 radical (unpaired) electrons. The van der Waals surface area contributed by atoms with Gasteiger partial charge in [0.25, 0.3) is 11.8 Å². The van der Waals surface area contributed by atoms with Crippen LogP contribution < -0.4 is 27.0 Å². The average molecular weight is 634 g/mol. The molecule has 0 aromatic heterocycles. The van der Waals surface area contributed by atoms with E-state index in [4.69, 9.17) is 10.5 Å². The van der Waals surface area contributed by atoms with Crippen LogP contribution >= 0.6 is 0 Å². The van der Waals surface area contributed by atoms with Crippen molar-refractivity contribution in [2.75, 3.05) is 6.54 Å². The number of primary amides is 1. The van der Waals surface area contributed by atoms with Gasteiger partial charge in [0.2, 0.25) is 17.7 Å². The number of ether oxygens (including phenoxy) is 1. The minimum atomic E-state index is -2.00. The Morgan fingerprint density at radius 1 is 0.867 bits per heavy atom. The van der Waals surface area contributed by atoms with Crippen LogP contribution in [0.3, 0.4) is 0 Å². The molecule has 0 spiro atoms. The predicted octanol–water partition coefficient (Wildman–Crippen LogP) is -0.317. The number of rotatable bonds is 14. The zero-order valence-corrected chi connectivity index (χ0v) is 25.7. The fourth-order valence-electron chi connectivity index (χ4n) is 4.87. The highest BCUT2D eigenvalue weighted by Gasteiger charge is 2.45. The van der Waals surface area contributed by atoms with Gasteiger partial charge in [0.1, 0.15) is 6.04 Å². The third-order valence-electron chi connectivity index (χ3n) is 7.41. The summed E-state index contributed by atoms with van der Waals surface area (Å²) in [5.74, 6) is -5.23. The zero-order valence-electron chi connectivity index (χ0n) is 25.7. The Labute approximate surface area is 263 Å². The summed E-state index contributed by atoms with van der Waals surface area (Å²) >= 11 is 0. The lowest BCUT2D eigenvalue weighted by Crippen LogP contribution is -2.57. The summed E-state index contributed by atoms with van der Waals surface area (Å²) in [4.78, 5) is 74.5. The summed E-state index contributed by atoms with van der Waals surface area (Å²) in [6.45, 7) is 1.61. The predicted molar refractivity (Wildman–Crippen MR) is 164 cm³/mol. The second-order valence-corrected chi connectivity index (χ2v) is 11.2. The zero-order chi connectivity index (χ0) is 33.2. The number of nitrogens with two attached hydrogens (primary N) is 1. The normalized spacial score (nSPS) is 27.0. The molecule has 0 saturated carbocycles. The number of carbonyl (C=O) groups excluding carboxylic acids is 6. The number of aliphatic hydroxyl groups excluding tert-OH is 2. The highest BCUT2D eigenvalue weighted by molar-refractivity contribution is 5.93. The molecule has 2 heterocycles. The molecule has 14 nitrogen and oxygen atoms in total. The van der Waals surface area contributed by atoms with Crippen LogP contribution in [0.2, 0.25) is 0 Å². The van der Waals surface area contributed by atoms with Crippen LogP contribution in [0.1, 0.15) is 77.6 Å². The first kappa shape index (κ1) is 37.1. The maximum absolute atomic E-state index is 13.0. The van der Waals surface area contributed by atoms with Crippen molar-refractivity contribution in [3.05, 3.63) is 36.5 Å². The first-order valence-corrected chi connectivity index (χ1v) is 15.5. The number of nitrogens with one attached hydrogen (secondary N) is 4. The minimum absolute atomic E-state index is 0.0213. The molecule has 2 aliphatic heterocycles. The Balaban J connectivity index is 2.11. The van der Waals surface area contributed by atoms with Crippen molar-refractivity contribution >= 4 is 35.5 Å². The number of carbonyl (C=O) groups is 6. The lowest BCUT2D eigenvalue weighted by molar-refractivity contribution is -0.151. The van der Waals surface area contributed by atoms with Gasteiger partial charge in [-0.2, -0.15) is 0 Å². The topological polar surface area (TPSA) is 226 Å². The van der Waals surface area contributed by atoms with E-state index in [0.29, 0.717) is 0 Å². The average Bonchev–Trinajstić information content (AvgIpc) is 3.37. The molecule has 0 bridgehead atoms. The van der Waals surface area contributed by atoms with Gasteiger partial charge >= 0.3 is 5.97 Å². The molecular weight excluding hydrogens is 586 g/mol. The molecule has 2 aliphatic rings. The van der Waals surface area contributed by atoms with Crippen LogP contribution in [0, 0.1) is 0 Å². The highest BCUT2D eigenvalue weighted by atomic mass is 16.6. The molecule has 250 valence electrons. The van der Waals surface area contributed by atoms with Gasteiger partial charge in [-0.3, -0.25) is 28.8 Å². The van der Waals surface area contributed by atoms with Crippen LogP contribution in [-0.2, 0) is 33.5 Å². The molecule has 6 atom stereocenters. The molecule has 5 amide bonds. The highest BCUT2D eigenvalue weighted by Crippen LogP contribution is 2.20. The number of amides is 5. The van der Waals surface area contributed by atoms with Crippen LogP contribution in [0.5, 0.6) is 0 Å². The SMILES string of the molecule is CCCCCCCC/C=C/C=C/C=C/CC1NC(=O)CNC(=O)C(CCC(N)=O)NC(=O)C(O)C2OC(=O)CC2NC(=O)C1O. The second-order valence-electron chi connectivity index (χ2n) is 11.2. The number of esters is 1. The summed E-state index contributed by atoms with van der Waals surface area (Å²) in [6, 6.07) is -3.70. The second kappa shape index (κ2) is 20.1. The molecule has 8 N–H and O–H groups in total. The summed E-state index contributed by atoms with van der Waals surface area (Å²) in [5.41, 5.74) is 5.17. The van der Waals surface area contributed by atoms with Crippen molar-refractivity contribution in [1.82, 2.24) is 21.3 Å². The van der Waals surface area contributed by atoms with Crippen molar-refractivity contribution in [2.24, 2.45) is 5.73 Å². The fourth-order valence-corrected chi connectivity index (χ4v) is 4.87. The van der Waals surface area contributed by atoms with Gasteiger partial charge in [-0.1, -0.05) is 75.5 Å². The van der Waals surface area contributed by atoms with Crippen LogP contribution in [0.4, 0.5) is 0 Å². The first-order valence-electron chi connectivity index (χ1n) is 15.5. The van der Waals surface area contributed by atoms with Crippen molar-refractivity contribution in [1.29, 1.82) is 0 Å². The van der Waals surface area contributed by atoms with Crippen LogP contribution in [-0.4, -0.2) is 88.7 Å². The molecule has 2 fully saturated rings. The lowest BCUT2D eigenvalue weighted by Gasteiger charge is -2.26. The van der Waals surface area contributed by atoms with Gasteiger partial charge in [-0.25, -0.2) is 0 Å². The molecule has 0 aliphatic carbocycles. The summed E-state index contributed by atoms with van der Waals surface area (Å²) in [5, 5.41) is 31.0. The molecule has 45 heavy (non-hydrogen) atoms. The quantitative estimate of drug-likeness (QED) is 0.0755. The number of unbranched alkanes of at least 4 members (excludes halogenated alkanes) is 6. The van der Waals surface area contributed by atoms with Gasteiger partial charge in [0, 0.05) is 6.42 Å². The number of hydrogen-bond donors (Lipinski definition) is 7. The lowest BCUT2D eigenvalue weighted by atomic mass is 10.0. The Morgan fingerprint density at radius 2 is 1.53 bits per heavy atom. The van der Waals surface area contributed by atoms with E-state index in [1.807, 2.05) is 12.2 Å². The number of fused-ring (bicyclic) bond motifs is 1. The summed E-state index contributed by atoms with van der Waals surface area (Å²) in [6.07, 6.45) is 13.1. The Hall–Kier alpha value is -4.04. The van der Waals surface area contributed by atoms with E-state index in [-0.39, 0.29) is 19.3 Å². The van der Waals surface area contributed by atoms with Crippen LogP contribution in [0.15, 0.2) is 36.5 Å². The fraction of sp³-hybridized carbons (Fsp3) is 0.613. The van der Waals surface area contributed by atoms with E-state index in [1.165, 1.54) is 32.1 Å². The van der Waals surface area contributed by atoms with E-state index in [2.05, 4.69) is 34.3 Å². The first-order chi connectivity index (χ1) is 21.5. The monoisotopic (exact) mass is 633 g/mol. The van der Waals surface area contributed by atoms with E-state index in [0.717, 1.165) is 12.8 Å². The Morgan fingerprint density at radius 3 is 2.24 bits per heavy atom. The van der Waals surface area contributed by atoms with E-state index < -0.39 is 84.9 Å². The van der Waals surface area contributed by atoms with Gasteiger partial charge in [-0.05, 0) is 25.7 Å². The third-order valence-corrected chi connectivity index (χ3v) is 7.41. The Kier molecular flexibility index (Phi) is 16.6. The summed E-state index contributed by atoms with van der Waals surface area (Å²) < 4.78 is 5.06. The van der Waals surface area contributed by atoms with Crippen molar-refractivity contribution in [3.63, 3.8) is 0 Å². The number of hydrogen-bond acceptors (Lipinski definition) is 9. The minimum Gasteiger partial charge on any atom is -0.457 e. The van der Waals surface area contributed by atoms with E-state index in [9.17, 15) is 39.0 Å². The smallest absolute Gasteiger partial charge is 0.308 e. The van der Waals surface area contributed by atoms with Crippen molar-refractivity contribution in [3.8, 4) is 0 Å². The van der Waals surface area contributed by atoms with Crippen molar-refractivity contribution < 1.29 is 43.7 Å². The van der Waals surface area contributed by atoms with E-state index in [1.54, 1.807) is 18.2 Å². The maximum Gasteiger partial charge on any atom is 0.308 e. The van der Waals surface area contributed by atoms with Crippen molar-refractivity contribution in [2.45, 2.75) is 114 Å². The van der Waals surface area contributed by atoms with Gasteiger partial charge in [-0.15, -0.1) is 0 Å². The molecular formula is C31H47N5O9. The van der Waals surface area contributed by atoms with Gasteiger partial charge < -0.3 is 42.0 Å². The van der Waals surface area contributed by atoms with E-state index >= 15 is 0 Å². The molecule has 2 saturated heterocycles. The molecule has 2 rings (SSSR count). The van der Waals surface area contributed by atoms with Gasteiger partial charge in [0.05, 0.1) is 25.0 Å². The maximum atomic E-state index is 13.0. The third kappa shape index (κ3) is 13.6. The van der Waals surface area contributed by atoms with Gasteiger partial charge in [0.15, 0.2) is 18.3 Å². The number of aliphatic hydroxyl groups is 2. The standard InChI is InChI=1S/C31H47N5O9/c1-2-3-4-5-6-7-8-9-10-11-12-13-14-15-20-26(40)30(43)36-22-18-25(39)45-28(22)27(41)31(44)35-21(16-17-23(32)37)29(42)33-19-24(38)34-20/h9-14,20-22,26-28,40-41H,2-8,15-19H2,1H3,(H2,32,37)(H,33,42)(H,34,38)(H,35,44)(H,36,43)/b10-9+,12-11+,14-13+. The molecule has 14 heteroatoms. The Bertz CT molecular complexity index is 1120.